The van der Waals surface area contributed by atoms with Gasteiger partial charge in [0, 0.05) is 11.1 Å². The van der Waals surface area contributed by atoms with Crippen LogP contribution >= 0.6 is 11.6 Å². The summed E-state index contributed by atoms with van der Waals surface area (Å²) in [6, 6.07) is 14.6. The summed E-state index contributed by atoms with van der Waals surface area (Å²) >= 11 is 6.02. The summed E-state index contributed by atoms with van der Waals surface area (Å²) in [6.45, 7) is 0.557. The van der Waals surface area contributed by atoms with Crippen LogP contribution in [-0.4, -0.2) is 7.05 Å². The zero-order valence-corrected chi connectivity index (χ0v) is 13.0. The molecule has 0 heterocycles. The lowest BCUT2D eigenvalue weighted by molar-refractivity contribution is 0.300. The van der Waals surface area contributed by atoms with Crippen molar-refractivity contribution in [1.29, 1.82) is 0 Å². The first-order valence-corrected chi connectivity index (χ1v) is 7.82. The smallest absolute Gasteiger partial charge is 0.123 e. The molecule has 0 aliphatic heterocycles. The Morgan fingerprint density at radius 3 is 2.90 bits per heavy atom. The van der Waals surface area contributed by atoms with Gasteiger partial charge in [0.1, 0.15) is 12.4 Å². The van der Waals surface area contributed by atoms with Crippen molar-refractivity contribution in [2.75, 3.05) is 7.05 Å². The number of halogens is 1. The summed E-state index contributed by atoms with van der Waals surface area (Å²) in [7, 11) is 2.03. The van der Waals surface area contributed by atoms with Crippen LogP contribution in [-0.2, 0) is 13.0 Å². The maximum Gasteiger partial charge on any atom is 0.123 e. The average molecular weight is 302 g/mol. The Labute approximate surface area is 131 Å². The van der Waals surface area contributed by atoms with Gasteiger partial charge in [0.25, 0.3) is 0 Å². The molecule has 1 unspecified atom stereocenters. The van der Waals surface area contributed by atoms with Crippen LogP contribution in [0.4, 0.5) is 0 Å². The maximum absolute atomic E-state index is 6.05. The molecule has 110 valence electrons. The second-order valence-electron chi connectivity index (χ2n) is 5.48. The lowest BCUT2D eigenvalue weighted by Crippen LogP contribution is -2.22. The number of rotatable bonds is 4. The summed E-state index contributed by atoms with van der Waals surface area (Å²) < 4.78 is 6.05. The summed E-state index contributed by atoms with van der Waals surface area (Å²) in [6.07, 6.45) is 3.50. The van der Waals surface area contributed by atoms with Gasteiger partial charge in [-0.25, -0.2) is 0 Å². The molecule has 0 fully saturated rings. The number of benzene rings is 2. The van der Waals surface area contributed by atoms with Crippen molar-refractivity contribution in [2.45, 2.75) is 31.9 Å². The third-order valence-corrected chi connectivity index (χ3v) is 4.33. The van der Waals surface area contributed by atoms with Crippen LogP contribution < -0.4 is 10.1 Å². The SMILES string of the molecule is CNC1CCCc2c(OCc3cccc(Cl)c3)cccc21. The Hall–Kier alpha value is -1.51. The van der Waals surface area contributed by atoms with Crippen LogP contribution in [0.5, 0.6) is 5.75 Å². The Balaban J connectivity index is 1.80. The largest absolute Gasteiger partial charge is 0.489 e. The number of hydrogen-bond acceptors (Lipinski definition) is 2. The van der Waals surface area contributed by atoms with Crippen LogP contribution in [0.1, 0.15) is 35.6 Å². The van der Waals surface area contributed by atoms with Crippen molar-refractivity contribution in [3.63, 3.8) is 0 Å². The highest BCUT2D eigenvalue weighted by atomic mass is 35.5. The molecule has 1 N–H and O–H groups in total. The van der Waals surface area contributed by atoms with E-state index in [4.69, 9.17) is 16.3 Å². The van der Waals surface area contributed by atoms with E-state index in [9.17, 15) is 0 Å². The van der Waals surface area contributed by atoms with E-state index < -0.39 is 0 Å². The highest BCUT2D eigenvalue weighted by Crippen LogP contribution is 2.35. The van der Waals surface area contributed by atoms with E-state index in [0.717, 1.165) is 22.8 Å². The fraction of sp³-hybridized carbons (Fsp3) is 0.333. The van der Waals surface area contributed by atoms with Gasteiger partial charge in [-0.1, -0.05) is 35.9 Å². The van der Waals surface area contributed by atoms with Crippen molar-refractivity contribution >= 4 is 11.6 Å². The molecule has 0 bridgehead atoms. The van der Waals surface area contributed by atoms with Crippen LogP contribution in [0.25, 0.3) is 0 Å². The number of ether oxygens (including phenoxy) is 1. The highest BCUT2D eigenvalue weighted by Gasteiger charge is 2.21. The molecule has 0 saturated carbocycles. The van der Waals surface area contributed by atoms with Gasteiger partial charge in [0.2, 0.25) is 0 Å². The van der Waals surface area contributed by atoms with Gasteiger partial charge in [-0.05, 0) is 61.2 Å². The highest BCUT2D eigenvalue weighted by molar-refractivity contribution is 6.30. The van der Waals surface area contributed by atoms with E-state index in [2.05, 4.69) is 23.5 Å². The molecule has 21 heavy (non-hydrogen) atoms. The second kappa shape index (κ2) is 6.50. The van der Waals surface area contributed by atoms with E-state index in [1.807, 2.05) is 31.3 Å². The van der Waals surface area contributed by atoms with E-state index in [0.29, 0.717) is 12.6 Å². The zero-order chi connectivity index (χ0) is 14.7. The molecule has 2 aromatic carbocycles. The Bertz CT molecular complexity index is 626. The van der Waals surface area contributed by atoms with E-state index in [1.54, 1.807) is 0 Å². The van der Waals surface area contributed by atoms with E-state index in [-0.39, 0.29) is 0 Å². The first kappa shape index (κ1) is 14.4. The number of hydrogen-bond donors (Lipinski definition) is 1. The number of nitrogens with one attached hydrogen (secondary N) is 1. The monoisotopic (exact) mass is 301 g/mol. The van der Waals surface area contributed by atoms with Crippen LogP contribution in [0.15, 0.2) is 42.5 Å². The minimum Gasteiger partial charge on any atom is -0.489 e. The minimum atomic E-state index is 0.448. The fourth-order valence-electron chi connectivity index (χ4n) is 3.04. The van der Waals surface area contributed by atoms with E-state index in [1.165, 1.54) is 24.0 Å². The number of fused-ring (bicyclic) bond motifs is 1. The second-order valence-corrected chi connectivity index (χ2v) is 5.91. The van der Waals surface area contributed by atoms with Crippen molar-refractivity contribution in [3.05, 3.63) is 64.2 Å². The molecule has 0 saturated heterocycles. The maximum atomic E-state index is 6.05. The normalized spacial score (nSPS) is 17.3. The molecule has 1 atom stereocenters. The average Bonchev–Trinajstić information content (AvgIpc) is 2.52. The quantitative estimate of drug-likeness (QED) is 0.897. The molecule has 2 aromatic rings. The third-order valence-electron chi connectivity index (χ3n) is 4.10. The summed E-state index contributed by atoms with van der Waals surface area (Å²) in [5, 5.41) is 4.15. The molecule has 3 heteroatoms. The molecule has 1 aliphatic carbocycles. The van der Waals surface area contributed by atoms with Crippen molar-refractivity contribution < 1.29 is 4.74 Å². The van der Waals surface area contributed by atoms with Gasteiger partial charge >= 0.3 is 0 Å². The molecule has 0 spiro atoms. The standard InChI is InChI=1S/C18H20ClNO/c1-20-17-9-3-8-16-15(17)7-4-10-18(16)21-12-13-5-2-6-14(19)11-13/h2,4-7,10-11,17,20H,3,8-9,12H2,1H3. The van der Waals surface area contributed by atoms with Crippen LogP contribution in [0, 0.1) is 0 Å². The minimum absolute atomic E-state index is 0.448. The predicted molar refractivity (Wildman–Crippen MR) is 87.0 cm³/mol. The fourth-order valence-corrected chi connectivity index (χ4v) is 3.25. The summed E-state index contributed by atoms with van der Waals surface area (Å²) in [5.74, 6) is 1.01. The van der Waals surface area contributed by atoms with Gasteiger partial charge in [0.05, 0.1) is 0 Å². The van der Waals surface area contributed by atoms with E-state index >= 15 is 0 Å². The van der Waals surface area contributed by atoms with Crippen LogP contribution in [0.3, 0.4) is 0 Å². The lowest BCUT2D eigenvalue weighted by atomic mass is 9.87. The van der Waals surface area contributed by atoms with Crippen molar-refractivity contribution in [1.82, 2.24) is 5.32 Å². The molecule has 0 radical (unpaired) electrons. The molecule has 2 nitrogen and oxygen atoms in total. The van der Waals surface area contributed by atoms with Gasteiger partial charge < -0.3 is 10.1 Å². The molecule has 0 amide bonds. The Kier molecular flexibility index (Phi) is 4.47. The van der Waals surface area contributed by atoms with Crippen LogP contribution in [0.2, 0.25) is 5.02 Å². The van der Waals surface area contributed by atoms with Gasteiger partial charge in [0.15, 0.2) is 0 Å². The first-order chi connectivity index (χ1) is 10.3. The van der Waals surface area contributed by atoms with Gasteiger partial charge in [-0.2, -0.15) is 0 Å². The van der Waals surface area contributed by atoms with Gasteiger partial charge in [-0.3, -0.25) is 0 Å². The topological polar surface area (TPSA) is 21.3 Å². The molecule has 3 rings (SSSR count). The van der Waals surface area contributed by atoms with Gasteiger partial charge in [-0.15, -0.1) is 0 Å². The van der Waals surface area contributed by atoms with Crippen molar-refractivity contribution in [3.8, 4) is 5.75 Å². The first-order valence-electron chi connectivity index (χ1n) is 7.44. The molecular weight excluding hydrogens is 282 g/mol. The molecule has 1 aliphatic rings. The summed E-state index contributed by atoms with van der Waals surface area (Å²) in [4.78, 5) is 0. The summed E-state index contributed by atoms with van der Waals surface area (Å²) in [5.41, 5.74) is 3.83. The molecule has 0 aromatic heterocycles. The lowest BCUT2D eigenvalue weighted by Gasteiger charge is -2.26. The predicted octanol–water partition coefficient (Wildman–Crippen LogP) is 4.52. The third kappa shape index (κ3) is 3.22. The van der Waals surface area contributed by atoms with Crippen molar-refractivity contribution in [2.24, 2.45) is 0 Å². The zero-order valence-electron chi connectivity index (χ0n) is 12.2. The Morgan fingerprint density at radius 2 is 2.10 bits per heavy atom. The Morgan fingerprint density at radius 1 is 1.24 bits per heavy atom. The molecular formula is C18H20ClNO.